The molecule has 0 radical (unpaired) electrons. The van der Waals surface area contributed by atoms with Crippen molar-refractivity contribution in [2.24, 2.45) is 0 Å². The summed E-state index contributed by atoms with van der Waals surface area (Å²) in [4.78, 5) is 2.42. The number of aryl methyl sites for hydroxylation is 2. The van der Waals surface area contributed by atoms with E-state index in [0.717, 1.165) is 62.8 Å². The van der Waals surface area contributed by atoms with Crippen LogP contribution in [0, 0.1) is 0 Å². The maximum Gasteiger partial charge on any atom is 0.172 e. The maximum atomic E-state index is 10.6. The van der Waals surface area contributed by atoms with Crippen molar-refractivity contribution in [2.45, 2.75) is 39.2 Å². The van der Waals surface area contributed by atoms with Gasteiger partial charge in [-0.15, -0.1) is 10.2 Å². The first-order valence-electron chi connectivity index (χ1n) is 10.9. The van der Waals surface area contributed by atoms with E-state index in [1.165, 1.54) is 17.2 Å². The van der Waals surface area contributed by atoms with E-state index in [4.69, 9.17) is 4.74 Å². The van der Waals surface area contributed by atoms with E-state index < -0.39 is 0 Å². The second-order valence-electron chi connectivity index (χ2n) is 8.71. The first-order chi connectivity index (χ1) is 15.0. The number of phenols is 2. The number of benzene rings is 2. The van der Waals surface area contributed by atoms with Gasteiger partial charge in [0.15, 0.2) is 5.82 Å². The predicted molar refractivity (Wildman–Crippen MR) is 118 cm³/mol. The van der Waals surface area contributed by atoms with E-state index in [-0.39, 0.29) is 17.4 Å². The van der Waals surface area contributed by atoms with E-state index in [9.17, 15) is 10.2 Å². The molecule has 0 aliphatic carbocycles. The van der Waals surface area contributed by atoms with Crippen LogP contribution in [-0.2, 0) is 24.1 Å². The first kappa shape index (κ1) is 20.0. The lowest BCUT2D eigenvalue weighted by Crippen LogP contribution is -2.35. The largest absolute Gasteiger partial charge is 0.508 e. The average molecular weight is 421 g/mol. The maximum absolute atomic E-state index is 10.6. The number of aromatic nitrogens is 3. The summed E-state index contributed by atoms with van der Waals surface area (Å²) >= 11 is 0. The zero-order valence-electron chi connectivity index (χ0n) is 18.0. The molecule has 1 fully saturated rings. The zero-order valence-corrected chi connectivity index (χ0v) is 18.0. The molecule has 0 spiro atoms. The Labute approximate surface area is 181 Å². The van der Waals surface area contributed by atoms with E-state index in [1.54, 1.807) is 0 Å². The summed E-state index contributed by atoms with van der Waals surface area (Å²) in [5.74, 6) is 1.73. The summed E-state index contributed by atoms with van der Waals surface area (Å²) in [6, 6.07) is 9.83. The summed E-state index contributed by atoms with van der Waals surface area (Å²) in [5, 5.41) is 29.6. The van der Waals surface area contributed by atoms with Crippen LogP contribution in [-0.4, -0.2) is 56.2 Å². The van der Waals surface area contributed by atoms with Crippen molar-refractivity contribution in [1.29, 1.82) is 0 Å². The van der Waals surface area contributed by atoms with Gasteiger partial charge in [0, 0.05) is 32.1 Å². The van der Waals surface area contributed by atoms with E-state index >= 15 is 0 Å². The summed E-state index contributed by atoms with van der Waals surface area (Å²) in [7, 11) is 0. The van der Waals surface area contributed by atoms with Gasteiger partial charge in [0.25, 0.3) is 0 Å². The molecule has 2 aliphatic rings. The van der Waals surface area contributed by atoms with Crippen LogP contribution in [0.4, 0.5) is 0 Å². The predicted octanol–water partition coefficient (Wildman–Crippen LogP) is 3.40. The molecule has 1 aromatic heterocycles. The van der Waals surface area contributed by atoms with Crippen LogP contribution >= 0.6 is 0 Å². The highest BCUT2D eigenvalue weighted by Crippen LogP contribution is 2.39. The smallest absolute Gasteiger partial charge is 0.172 e. The number of morpholine rings is 1. The van der Waals surface area contributed by atoms with Gasteiger partial charge in [-0.2, -0.15) is 0 Å². The Hall–Kier alpha value is -2.90. The lowest BCUT2D eigenvalue weighted by molar-refractivity contribution is 0.0342. The minimum atomic E-state index is 0.00756. The number of hydrogen-bond donors (Lipinski definition) is 2. The monoisotopic (exact) mass is 420 g/mol. The normalized spacial score (nSPS) is 16.4. The number of phenolic OH excluding ortho intramolecular Hbond substituents is 2. The van der Waals surface area contributed by atoms with Crippen molar-refractivity contribution >= 4 is 0 Å². The standard InChI is InChI=1S/C24H28N4O3/c1-15(2)18-12-19(22(30)13-21(18)29)24-26-25-23-6-4-17-11-16(3-5-20(17)28(23)24)14-27-7-9-31-10-8-27/h3,5,11-13,15,29-30H,4,6-10,14H2,1-2H3. The van der Waals surface area contributed by atoms with Crippen LogP contribution in [0.5, 0.6) is 11.5 Å². The molecule has 2 N–H and O–H groups in total. The van der Waals surface area contributed by atoms with Gasteiger partial charge >= 0.3 is 0 Å². The van der Waals surface area contributed by atoms with Gasteiger partial charge in [-0.1, -0.05) is 26.0 Å². The Kier molecular flexibility index (Phi) is 5.16. The molecule has 2 aliphatic heterocycles. The number of nitrogens with zero attached hydrogens (tertiary/aromatic N) is 4. The second kappa shape index (κ2) is 7.98. The summed E-state index contributed by atoms with van der Waals surface area (Å²) < 4.78 is 7.51. The molecule has 2 aromatic carbocycles. The molecule has 7 heteroatoms. The van der Waals surface area contributed by atoms with Crippen molar-refractivity contribution in [3.63, 3.8) is 0 Å². The van der Waals surface area contributed by atoms with Crippen LogP contribution in [0.25, 0.3) is 17.1 Å². The third-order valence-corrected chi connectivity index (χ3v) is 6.25. The van der Waals surface area contributed by atoms with Crippen molar-refractivity contribution in [3.05, 3.63) is 52.8 Å². The van der Waals surface area contributed by atoms with Crippen LogP contribution in [0.3, 0.4) is 0 Å². The molecule has 0 amide bonds. The van der Waals surface area contributed by atoms with Gasteiger partial charge in [0.1, 0.15) is 17.3 Å². The average Bonchev–Trinajstić information content (AvgIpc) is 3.18. The molecule has 0 unspecified atom stereocenters. The number of aromatic hydroxyl groups is 2. The van der Waals surface area contributed by atoms with Crippen LogP contribution in [0.1, 0.15) is 42.3 Å². The molecule has 7 nitrogen and oxygen atoms in total. The molecule has 0 atom stereocenters. The number of hydrogen-bond acceptors (Lipinski definition) is 6. The minimum absolute atomic E-state index is 0.00756. The van der Waals surface area contributed by atoms with E-state index in [1.807, 2.05) is 24.5 Å². The Morgan fingerprint density at radius 3 is 2.58 bits per heavy atom. The zero-order chi connectivity index (χ0) is 21.5. The van der Waals surface area contributed by atoms with Gasteiger partial charge in [-0.3, -0.25) is 9.47 Å². The fourth-order valence-corrected chi connectivity index (χ4v) is 4.56. The fourth-order valence-electron chi connectivity index (χ4n) is 4.56. The van der Waals surface area contributed by atoms with Crippen LogP contribution in [0.2, 0.25) is 0 Å². The summed E-state index contributed by atoms with van der Waals surface area (Å²) in [6.07, 6.45) is 1.72. The van der Waals surface area contributed by atoms with E-state index in [2.05, 4.69) is 33.3 Å². The van der Waals surface area contributed by atoms with Gasteiger partial charge in [-0.05, 0) is 41.2 Å². The van der Waals surface area contributed by atoms with Crippen LogP contribution in [0.15, 0.2) is 30.3 Å². The van der Waals surface area contributed by atoms with Crippen molar-refractivity contribution < 1.29 is 14.9 Å². The molecule has 3 aromatic rings. The van der Waals surface area contributed by atoms with Crippen molar-refractivity contribution in [3.8, 4) is 28.6 Å². The Morgan fingerprint density at radius 2 is 1.81 bits per heavy atom. The third kappa shape index (κ3) is 3.68. The Morgan fingerprint density at radius 1 is 1.00 bits per heavy atom. The van der Waals surface area contributed by atoms with Crippen molar-refractivity contribution in [2.75, 3.05) is 26.3 Å². The highest BCUT2D eigenvalue weighted by molar-refractivity contribution is 5.70. The van der Waals surface area contributed by atoms with Gasteiger partial charge < -0.3 is 14.9 Å². The lowest BCUT2D eigenvalue weighted by atomic mass is 9.97. The SMILES string of the molecule is CC(C)c1cc(-c2nnc3n2-c2ccc(CN4CCOCC4)cc2CC3)c(O)cc1O. The first-order valence-corrected chi connectivity index (χ1v) is 10.9. The third-order valence-electron chi connectivity index (χ3n) is 6.25. The molecule has 0 bridgehead atoms. The highest BCUT2D eigenvalue weighted by Gasteiger charge is 2.25. The Bertz CT molecular complexity index is 1120. The molecule has 3 heterocycles. The molecular formula is C24H28N4O3. The molecular weight excluding hydrogens is 392 g/mol. The summed E-state index contributed by atoms with van der Waals surface area (Å²) in [6.45, 7) is 8.49. The van der Waals surface area contributed by atoms with Crippen molar-refractivity contribution in [1.82, 2.24) is 19.7 Å². The number of ether oxygens (including phenoxy) is 1. The number of rotatable bonds is 4. The second-order valence-corrected chi connectivity index (χ2v) is 8.71. The molecule has 1 saturated heterocycles. The lowest BCUT2D eigenvalue weighted by Gasteiger charge is -2.27. The molecule has 162 valence electrons. The minimum Gasteiger partial charge on any atom is -0.508 e. The highest BCUT2D eigenvalue weighted by atomic mass is 16.5. The summed E-state index contributed by atoms with van der Waals surface area (Å²) in [5.41, 5.74) is 4.99. The molecule has 5 rings (SSSR count). The fraction of sp³-hybridized carbons (Fsp3) is 0.417. The number of fused-ring (bicyclic) bond motifs is 3. The van der Waals surface area contributed by atoms with Gasteiger partial charge in [-0.25, -0.2) is 0 Å². The van der Waals surface area contributed by atoms with Gasteiger partial charge in [0.2, 0.25) is 0 Å². The topological polar surface area (TPSA) is 83.6 Å². The molecule has 0 saturated carbocycles. The molecule has 31 heavy (non-hydrogen) atoms. The van der Waals surface area contributed by atoms with Crippen LogP contribution < -0.4 is 0 Å². The van der Waals surface area contributed by atoms with Gasteiger partial charge in [0.05, 0.1) is 24.5 Å². The van der Waals surface area contributed by atoms with E-state index in [0.29, 0.717) is 11.4 Å². The Balaban J connectivity index is 1.53. The quantitative estimate of drug-likeness (QED) is 0.673.